The summed E-state index contributed by atoms with van der Waals surface area (Å²) in [7, 11) is 0. The van der Waals surface area contributed by atoms with Crippen LogP contribution in [0.2, 0.25) is 0 Å². The van der Waals surface area contributed by atoms with Crippen LogP contribution in [0.25, 0.3) is 0 Å². The number of carbonyl (C=O) groups excluding carboxylic acids is 1. The Morgan fingerprint density at radius 3 is 2.81 bits per heavy atom. The molecular weight excluding hydrogens is 204 g/mol. The van der Waals surface area contributed by atoms with Crippen molar-refractivity contribution in [3.05, 3.63) is 0 Å². The maximum Gasteiger partial charge on any atom is 0.237 e. The molecule has 0 aromatic rings. The summed E-state index contributed by atoms with van der Waals surface area (Å²) < 4.78 is 5.72. The fourth-order valence-corrected chi connectivity index (χ4v) is 2.85. The molecule has 90 valence electrons. The normalized spacial score (nSPS) is 38.9. The number of hydrogen-bond acceptors (Lipinski definition) is 3. The molecule has 0 aromatic carbocycles. The van der Waals surface area contributed by atoms with E-state index < -0.39 is 0 Å². The van der Waals surface area contributed by atoms with Crippen molar-refractivity contribution in [2.24, 2.45) is 5.92 Å². The van der Waals surface area contributed by atoms with Gasteiger partial charge in [0.1, 0.15) is 0 Å². The van der Waals surface area contributed by atoms with Crippen molar-refractivity contribution in [2.75, 3.05) is 13.2 Å². The summed E-state index contributed by atoms with van der Waals surface area (Å²) in [5, 5.41) is 6.40. The van der Waals surface area contributed by atoms with Crippen LogP contribution in [0.3, 0.4) is 0 Å². The highest BCUT2D eigenvalue weighted by Gasteiger charge is 2.41. The molecule has 4 nitrogen and oxygen atoms in total. The van der Waals surface area contributed by atoms with E-state index in [0.29, 0.717) is 12.0 Å². The summed E-state index contributed by atoms with van der Waals surface area (Å²) in [5.74, 6) is 0.892. The van der Waals surface area contributed by atoms with Crippen LogP contribution < -0.4 is 10.6 Å². The van der Waals surface area contributed by atoms with Crippen LogP contribution in [-0.4, -0.2) is 37.2 Å². The topological polar surface area (TPSA) is 50.4 Å². The number of amides is 1. The Labute approximate surface area is 96.1 Å². The molecule has 2 saturated heterocycles. The molecule has 3 fully saturated rings. The van der Waals surface area contributed by atoms with E-state index in [1.165, 1.54) is 12.8 Å². The Balaban J connectivity index is 1.54. The maximum absolute atomic E-state index is 12.0. The second-order valence-corrected chi connectivity index (χ2v) is 5.23. The lowest BCUT2D eigenvalue weighted by Gasteiger charge is -2.21. The molecule has 3 atom stereocenters. The summed E-state index contributed by atoms with van der Waals surface area (Å²) in [6, 6.07) is 0.308. The van der Waals surface area contributed by atoms with E-state index in [1.807, 2.05) is 0 Å². The SMILES string of the molecule is O=C(NC1CCOC1C1CC1)[C@H]1CCCN1. The van der Waals surface area contributed by atoms with E-state index in [2.05, 4.69) is 10.6 Å². The molecule has 2 unspecified atom stereocenters. The van der Waals surface area contributed by atoms with Gasteiger partial charge in [0.15, 0.2) is 0 Å². The van der Waals surface area contributed by atoms with E-state index in [-0.39, 0.29) is 18.0 Å². The summed E-state index contributed by atoms with van der Waals surface area (Å²) in [4.78, 5) is 12.0. The van der Waals surface area contributed by atoms with E-state index in [0.717, 1.165) is 32.4 Å². The smallest absolute Gasteiger partial charge is 0.237 e. The first-order chi connectivity index (χ1) is 7.84. The average molecular weight is 224 g/mol. The van der Waals surface area contributed by atoms with E-state index in [9.17, 15) is 4.79 Å². The molecule has 0 aromatic heterocycles. The van der Waals surface area contributed by atoms with E-state index in [1.54, 1.807) is 0 Å². The molecule has 1 saturated carbocycles. The van der Waals surface area contributed by atoms with Crippen LogP contribution in [0.1, 0.15) is 32.1 Å². The van der Waals surface area contributed by atoms with Gasteiger partial charge in [-0.25, -0.2) is 0 Å². The highest BCUT2D eigenvalue weighted by Crippen LogP contribution is 2.38. The molecule has 0 bridgehead atoms. The summed E-state index contributed by atoms with van der Waals surface area (Å²) >= 11 is 0. The zero-order valence-corrected chi connectivity index (χ0v) is 9.58. The molecule has 2 N–H and O–H groups in total. The van der Waals surface area contributed by atoms with Crippen molar-refractivity contribution in [3.63, 3.8) is 0 Å². The zero-order chi connectivity index (χ0) is 11.0. The van der Waals surface area contributed by atoms with E-state index >= 15 is 0 Å². The third-order valence-corrected chi connectivity index (χ3v) is 3.93. The largest absolute Gasteiger partial charge is 0.376 e. The third-order valence-electron chi connectivity index (χ3n) is 3.93. The van der Waals surface area contributed by atoms with Gasteiger partial charge < -0.3 is 15.4 Å². The Hall–Kier alpha value is -0.610. The predicted molar refractivity (Wildman–Crippen MR) is 60.0 cm³/mol. The summed E-state index contributed by atoms with van der Waals surface area (Å²) in [5.41, 5.74) is 0. The molecule has 1 amide bonds. The highest BCUT2D eigenvalue weighted by atomic mass is 16.5. The minimum Gasteiger partial charge on any atom is -0.376 e. The van der Waals surface area contributed by atoms with Gasteiger partial charge in [0, 0.05) is 6.61 Å². The van der Waals surface area contributed by atoms with Crippen molar-refractivity contribution in [1.29, 1.82) is 0 Å². The van der Waals surface area contributed by atoms with Crippen molar-refractivity contribution in [2.45, 2.75) is 50.3 Å². The van der Waals surface area contributed by atoms with Gasteiger partial charge in [-0.1, -0.05) is 0 Å². The van der Waals surface area contributed by atoms with Crippen LogP contribution in [-0.2, 0) is 9.53 Å². The van der Waals surface area contributed by atoms with Crippen molar-refractivity contribution in [3.8, 4) is 0 Å². The molecule has 4 heteroatoms. The fraction of sp³-hybridized carbons (Fsp3) is 0.917. The number of carbonyl (C=O) groups is 1. The Morgan fingerprint density at radius 2 is 2.12 bits per heavy atom. The van der Waals surface area contributed by atoms with Gasteiger partial charge in [0.25, 0.3) is 0 Å². The highest BCUT2D eigenvalue weighted by molar-refractivity contribution is 5.82. The summed E-state index contributed by atoms with van der Waals surface area (Å²) in [6.07, 6.45) is 5.93. The number of rotatable bonds is 3. The van der Waals surface area contributed by atoms with Crippen LogP contribution in [0.4, 0.5) is 0 Å². The number of ether oxygens (including phenoxy) is 1. The Morgan fingerprint density at radius 1 is 1.25 bits per heavy atom. The Bertz CT molecular complexity index is 272. The zero-order valence-electron chi connectivity index (χ0n) is 9.58. The van der Waals surface area contributed by atoms with Gasteiger partial charge >= 0.3 is 0 Å². The van der Waals surface area contributed by atoms with Gasteiger partial charge in [-0.2, -0.15) is 0 Å². The predicted octanol–water partition coefficient (Wildman–Crippen LogP) is 0.422. The van der Waals surface area contributed by atoms with Crippen molar-refractivity contribution < 1.29 is 9.53 Å². The molecule has 3 aliphatic rings. The minimum atomic E-state index is 0.0421. The molecule has 0 radical (unpaired) electrons. The van der Waals surface area contributed by atoms with Gasteiger partial charge in [-0.3, -0.25) is 4.79 Å². The first-order valence-corrected chi connectivity index (χ1v) is 6.50. The minimum absolute atomic E-state index is 0.0421. The van der Waals surface area contributed by atoms with Crippen molar-refractivity contribution >= 4 is 5.91 Å². The molecule has 0 spiro atoms. The van der Waals surface area contributed by atoms with Gasteiger partial charge in [-0.15, -0.1) is 0 Å². The van der Waals surface area contributed by atoms with Crippen molar-refractivity contribution in [1.82, 2.24) is 10.6 Å². The second kappa shape index (κ2) is 4.34. The summed E-state index contributed by atoms with van der Waals surface area (Å²) in [6.45, 7) is 1.79. The van der Waals surface area contributed by atoms with Crippen LogP contribution >= 0.6 is 0 Å². The average Bonchev–Trinajstić information content (AvgIpc) is 2.83. The lowest BCUT2D eigenvalue weighted by molar-refractivity contribution is -0.124. The molecular formula is C12H20N2O2. The fourth-order valence-electron chi connectivity index (χ4n) is 2.85. The molecule has 1 aliphatic carbocycles. The monoisotopic (exact) mass is 224 g/mol. The third kappa shape index (κ3) is 2.09. The first-order valence-electron chi connectivity index (χ1n) is 6.50. The maximum atomic E-state index is 12.0. The van der Waals surface area contributed by atoms with Gasteiger partial charge in [0.2, 0.25) is 5.91 Å². The number of nitrogens with one attached hydrogen (secondary N) is 2. The van der Waals surface area contributed by atoms with Crippen LogP contribution in [0, 0.1) is 5.92 Å². The molecule has 3 rings (SSSR count). The second-order valence-electron chi connectivity index (χ2n) is 5.23. The first kappa shape index (κ1) is 10.5. The van der Waals surface area contributed by atoms with Gasteiger partial charge in [-0.05, 0) is 44.6 Å². The lowest BCUT2D eigenvalue weighted by atomic mass is 10.1. The molecule has 2 aliphatic heterocycles. The molecule has 2 heterocycles. The van der Waals surface area contributed by atoms with Crippen LogP contribution in [0.15, 0.2) is 0 Å². The number of hydrogen-bond donors (Lipinski definition) is 2. The lowest BCUT2D eigenvalue weighted by Crippen LogP contribution is -2.48. The quantitative estimate of drug-likeness (QED) is 0.730. The van der Waals surface area contributed by atoms with Crippen LogP contribution in [0.5, 0.6) is 0 Å². The Kier molecular flexibility index (Phi) is 2.86. The standard InChI is InChI=1S/C12H20N2O2/c15-12(10-2-1-6-13-10)14-9-5-7-16-11(9)8-3-4-8/h8-11,13H,1-7H2,(H,14,15)/t9?,10-,11?/m1/s1. The molecule has 16 heavy (non-hydrogen) atoms. The van der Waals surface area contributed by atoms with E-state index in [4.69, 9.17) is 4.74 Å². The van der Waals surface area contributed by atoms with Gasteiger partial charge in [0.05, 0.1) is 18.2 Å².